The molecular weight excluding hydrogens is 286 g/mol. The summed E-state index contributed by atoms with van der Waals surface area (Å²) in [4.78, 5) is 4.71. The third-order valence-electron chi connectivity index (χ3n) is 2.70. The van der Waals surface area contributed by atoms with E-state index >= 15 is 0 Å². The van der Waals surface area contributed by atoms with E-state index in [2.05, 4.69) is 11.4 Å². The van der Waals surface area contributed by atoms with Crippen LogP contribution in [-0.2, 0) is 11.4 Å². The monoisotopic (exact) mass is 296 g/mol. The molecule has 2 aromatic rings. The minimum absolute atomic E-state index is 0.0569. The van der Waals surface area contributed by atoms with Gasteiger partial charge in [0.05, 0.1) is 5.56 Å². The van der Waals surface area contributed by atoms with Crippen molar-refractivity contribution in [3.63, 3.8) is 0 Å². The highest BCUT2D eigenvalue weighted by Crippen LogP contribution is 2.21. The first kappa shape index (κ1) is 15.0. The van der Waals surface area contributed by atoms with E-state index in [1.54, 1.807) is 6.07 Å². The molecule has 6 heteroatoms. The fraction of sp³-hybridized carbons (Fsp3) is 0.133. The summed E-state index contributed by atoms with van der Waals surface area (Å²) >= 11 is 0. The topological polar surface area (TPSA) is 21.6 Å². The fourth-order valence-corrected chi connectivity index (χ4v) is 1.64. The lowest BCUT2D eigenvalue weighted by molar-refractivity contribution is 0.126. The highest BCUT2D eigenvalue weighted by molar-refractivity contribution is 5.81. The van der Waals surface area contributed by atoms with Gasteiger partial charge in [-0.1, -0.05) is 35.5 Å². The average Bonchev–Trinajstić information content (AvgIpc) is 2.46. The Morgan fingerprint density at radius 3 is 2.33 bits per heavy atom. The van der Waals surface area contributed by atoms with Crippen LogP contribution in [0.5, 0.6) is 0 Å². The van der Waals surface area contributed by atoms with Crippen LogP contribution in [0.25, 0.3) is 0 Å². The second-order valence-electron chi connectivity index (χ2n) is 4.06. The lowest BCUT2D eigenvalue weighted by Gasteiger charge is -2.04. The minimum Gasteiger partial charge on any atom is -0.390 e. The molecule has 0 saturated heterocycles. The van der Waals surface area contributed by atoms with Crippen LogP contribution in [0.4, 0.5) is 17.6 Å². The molecule has 2 nitrogen and oxygen atoms in total. The largest absolute Gasteiger partial charge is 0.390 e. The Balaban J connectivity index is 2.04. The molecule has 2 rings (SSSR count). The molecule has 0 unspecified atom stereocenters. The first-order valence-electron chi connectivity index (χ1n) is 5.97. The molecule has 0 aromatic heterocycles. The summed E-state index contributed by atoms with van der Waals surface area (Å²) in [6.07, 6.45) is -0.392. The molecule has 0 bridgehead atoms. The quantitative estimate of drug-likeness (QED) is 0.457. The molecule has 0 aliphatic heterocycles. The summed E-state index contributed by atoms with van der Waals surface area (Å²) in [5.41, 5.74) is -0.478. The van der Waals surface area contributed by atoms with Crippen molar-refractivity contribution in [1.29, 1.82) is 0 Å². The van der Waals surface area contributed by atoms with Crippen molar-refractivity contribution in [2.75, 3.05) is 0 Å². The third kappa shape index (κ3) is 3.81. The van der Waals surface area contributed by atoms with E-state index in [-0.39, 0.29) is 16.7 Å². The summed E-state index contributed by atoms with van der Waals surface area (Å²) in [5.74, 6) is -1.53. The van der Waals surface area contributed by atoms with Crippen LogP contribution >= 0.6 is 0 Å². The van der Waals surface area contributed by atoms with Crippen molar-refractivity contribution < 1.29 is 22.4 Å². The molecule has 21 heavy (non-hydrogen) atoms. The summed E-state index contributed by atoms with van der Waals surface area (Å²) in [7, 11) is 0. The van der Waals surface area contributed by atoms with Crippen LogP contribution in [0.1, 0.15) is 23.1 Å². The van der Waals surface area contributed by atoms with Gasteiger partial charge in [0, 0.05) is 11.1 Å². The predicted molar refractivity (Wildman–Crippen MR) is 69.1 cm³/mol. The molecular formula is C15H10F4NO. The van der Waals surface area contributed by atoms with Gasteiger partial charge in [-0.05, 0) is 12.1 Å². The molecule has 0 N–H and O–H groups in total. The summed E-state index contributed by atoms with van der Waals surface area (Å²) in [5, 5.41) is 3.35. The second-order valence-corrected chi connectivity index (χ2v) is 4.06. The number of alkyl halides is 2. The van der Waals surface area contributed by atoms with Gasteiger partial charge in [-0.2, -0.15) is 0 Å². The molecule has 109 valence electrons. The summed E-state index contributed by atoms with van der Waals surface area (Å²) in [6.45, 7) is -0.456. The number of rotatable bonds is 5. The van der Waals surface area contributed by atoms with Gasteiger partial charge >= 0.3 is 0 Å². The van der Waals surface area contributed by atoms with E-state index in [1.165, 1.54) is 24.3 Å². The zero-order valence-corrected chi connectivity index (χ0v) is 10.7. The van der Waals surface area contributed by atoms with Crippen LogP contribution in [-0.4, -0.2) is 6.21 Å². The van der Waals surface area contributed by atoms with E-state index in [0.717, 1.165) is 12.1 Å². The van der Waals surface area contributed by atoms with Crippen LogP contribution in [0.15, 0.2) is 47.6 Å². The maximum absolute atomic E-state index is 13.3. The Morgan fingerprint density at radius 1 is 1.00 bits per heavy atom. The maximum atomic E-state index is 13.3. The minimum atomic E-state index is -2.67. The Hall–Kier alpha value is -2.37. The van der Waals surface area contributed by atoms with Crippen LogP contribution in [0, 0.1) is 11.6 Å². The van der Waals surface area contributed by atoms with Gasteiger partial charge in [0.2, 0.25) is 0 Å². The van der Waals surface area contributed by atoms with Crippen LogP contribution in [0.2, 0.25) is 0 Å². The van der Waals surface area contributed by atoms with E-state index in [0.29, 0.717) is 0 Å². The van der Waals surface area contributed by atoms with Crippen molar-refractivity contribution in [2.24, 2.45) is 5.16 Å². The Bertz CT molecular complexity index is 623. The molecule has 0 heterocycles. The first-order valence-corrected chi connectivity index (χ1v) is 5.97. The number of benzene rings is 2. The van der Waals surface area contributed by atoms with Gasteiger partial charge in [-0.3, -0.25) is 0 Å². The van der Waals surface area contributed by atoms with Crippen molar-refractivity contribution in [3.05, 3.63) is 70.8 Å². The highest BCUT2D eigenvalue weighted by atomic mass is 19.3. The molecule has 0 aliphatic carbocycles. The van der Waals surface area contributed by atoms with Gasteiger partial charge in [0.25, 0.3) is 6.43 Å². The van der Waals surface area contributed by atoms with Crippen molar-refractivity contribution in [3.8, 4) is 0 Å². The predicted octanol–water partition coefficient (Wildman–Crippen LogP) is 4.33. The molecule has 0 amide bonds. The Labute approximate surface area is 118 Å². The highest BCUT2D eigenvalue weighted by Gasteiger charge is 2.11. The van der Waals surface area contributed by atoms with Crippen LogP contribution < -0.4 is 0 Å². The standard InChI is InChI=1S/C15H10F4NO/c16-13-6-3-7-14(17)12(13)9-21-20-8-10-4-1-2-5-11(10)15(18)19/h1-7,15H,9H2. The smallest absolute Gasteiger partial charge is 0.264 e. The molecule has 0 fully saturated rings. The fourth-order valence-electron chi connectivity index (χ4n) is 1.64. The lowest BCUT2D eigenvalue weighted by Crippen LogP contribution is -1.97. The van der Waals surface area contributed by atoms with Crippen molar-refractivity contribution in [2.45, 2.75) is 13.0 Å². The molecule has 0 atom stereocenters. The van der Waals surface area contributed by atoms with E-state index in [4.69, 9.17) is 4.84 Å². The number of hydrogen-bond acceptors (Lipinski definition) is 2. The van der Waals surface area contributed by atoms with Gasteiger partial charge in [0.15, 0.2) is 0 Å². The normalized spacial score (nSPS) is 11.3. The van der Waals surface area contributed by atoms with E-state index in [9.17, 15) is 17.6 Å². The third-order valence-corrected chi connectivity index (χ3v) is 2.70. The zero-order chi connectivity index (χ0) is 15.2. The van der Waals surface area contributed by atoms with E-state index in [1.807, 2.05) is 0 Å². The number of halogens is 4. The molecule has 2 aromatic carbocycles. The summed E-state index contributed by atoms with van der Waals surface area (Å²) < 4.78 is 52.0. The second kappa shape index (κ2) is 6.88. The Morgan fingerprint density at radius 2 is 1.67 bits per heavy atom. The van der Waals surface area contributed by atoms with Crippen molar-refractivity contribution >= 4 is 6.21 Å². The van der Waals surface area contributed by atoms with E-state index < -0.39 is 24.7 Å². The first-order chi connectivity index (χ1) is 10.1. The summed E-state index contributed by atoms with van der Waals surface area (Å²) in [6, 6.07) is 9.02. The van der Waals surface area contributed by atoms with Gasteiger partial charge < -0.3 is 4.84 Å². The molecule has 1 radical (unpaired) electrons. The number of hydrogen-bond donors (Lipinski definition) is 0. The van der Waals surface area contributed by atoms with Crippen molar-refractivity contribution in [1.82, 2.24) is 0 Å². The zero-order valence-electron chi connectivity index (χ0n) is 10.7. The maximum Gasteiger partial charge on any atom is 0.264 e. The van der Waals surface area contributed by atoms with Crippen LogP contribution in [0.3, 0.4) is 0 Å². The van der Waals surface area contributed by atoms with Gasteiger partial charge in [-0.15, -0.1) is 0 Å². The molecule has 0 spiro atoms. The average molecular weight is 296 g/mol. The van der Waals surface area contributed by atoms with Gasteiger partial charge in [-0.25, -0.2) is 17.6 Å². The molecule has 0 saturated carbocycles. The van der Waals surface area contributed by atoms with Gasteiger partial charge in [0.1, 0.15) is 24.5 Å². The number of nitrogens with zero attached hydrogens (tertiary/aromatic N) is 1. The Kier molecular flexibility index (Phi) is 4.92. The SMILES string of the molecule is Fc1cccc(F)c1CO/N=[C]\c1ccccc1C(F)F. The lowest BCUT2D eigenvalue weighted by atomic mass is 10.1. The molecule has 0 aliphatic rings.